The Morgan fingerprint density at radius 2 is 1.77 bits per heavy atom. The van der Waals surface area contributed by atoms with E-state index in [1.54, 1.807) is 4.90 Å². The fourth-order valence-electron chi connectivity index (χ4n) is 3.29. The molecule has 2 atom stereocenters. The summed E-state index contributed by atoms with van der Waals surface area (Å²) in [6, 6.07) is 7.33. The molecule has 2 rings (SSSR count). The monoisotopic (exact) mass is 354 g/mol. The first-order valence-electron chi connectivity index (χ1n) is 9.46. The fraction of sp³-hybridized carbons (Fsp3) is 0.545. The van der Waals surface area contributed by atoms with Crippen molar-refractivity contribution in [2.75, 3.05) is 6.54 Å². The minimum atomic E-state index is -0.432. The number of carbonyl (C=O) groups excluding carboxylic acids is 2. The molecule has 0 unspecified atom stereocenters. The van der Waals surface area contributed by atoms with E-state index < -0.39 is 6.04 Å². The van der Waals surface area contributed by atoms with Crippen molar-refractivity contribution in [2.24, 2.45) is 11.8 Å². The highest BCUT2D eigenvalue weighted by molar-refractivity contribution is 5.98. The highest BCUT2D eigenvalue weighted by atomic mass is 16.2. The Hall–Kier alpha value is -2.28. The van der Waals surface area contributed by atoms with E-state index >= 15 is 0 Å². The number of hydrogen-bond acceptors (Lipinski definition) is 2. The second kappa shape index (κ2) is 8.89. The van der Waals surface area contributed by atoms with Crippen molar-refractivity contribution in [3.63, 3.8) is 0 Å². The number of nitrogens with zero attached hydrogens (tertiary/aromatic N) is 1. The molecule has 140 valence electrons. The molecule has 0 spiro atoms. The van der Waals surface area contributed by atoms with Crippen LogP contribution in [0.1, 0.15) is 51.7 Å². The van der Waals surface area contributed by atoms with Crippen LogP contribution < -0.4 is 5.32 Å². The first-order valence-corrected chi connectivity index (χ1v) is 9.46. The minimum Gasteiger partial charge on any atom is -0.350 e. The SMILES string of the molecule is Cc1ccc(C#CC(=O)N2C[C@H](CC(C)C)NC(=O)[C@@H]2CC(C)C)cc1. The van der Waals surface area contributed by atoms with E-state index in [1.807, 2.05) is 31.2 Å². The second-order valence-corrected chi connectivity index (χ2v) is 8.05. The van der Waals surface area contributed by atoms with Gasteiger partial charge in [0.1, 0.15) is 6.04 Å². The van der Waals surface area contributed by atoms with Gasteiger partial charge in [-0.05, 0) is 43.7 Å². The molecule has 0 aliphatic carbocycles. The molecule has 0 aromatic heterocycles. The van der Waals surface area contributed by atoms with E-state index in [2.05, 4.69) is 44.9 Å². The topological polar surface area (TPSA) is 49.4 Å². The van der Waals surface area contributed by atoms with Gasteiger partial charge in [-0.1, -0.05) is 51.3 Å². The number of rotatable bonds is 4. The van der Waals surface area contributed by atoms with Gasteiger partial charge >= 0.3 is 0 Å². The Kier molecular flexibility index (Phi) is 6.85. The lowest BCUT2D eigenvalue weighted by atomic mass is 9.95. The smallest absolute Gasteiger partial charge is 0.299 e. The molecular weight excluding hydrogens is 324 g/mol. The molecule has 1 aromatic rings. The summed E-state index contributed by atoms with van der Waals surface area (Å²) in [4.78, 5) is 27.0. The van der Waals surface area contributed by atoms with E-state index in [0.717, 1.165) is 17.5 Å². The molecule has 1 N–H and O–H groups in total. The Bertz CT molecular complexity index is 695. The zero-order valence-electron chi connectivity index (χ0n) is 16.5. The van der Waals surface area contributed by atoms with Crippen LogP contribution in [0.2, 0.25) is 0 Å². The third-order valence-corrected chi connectivity index (χ3v) is 4.52. The second-order valence-electron chi connectivity index (χ2n) is 8.05. The number of hydrogen-bond donors (Lipinski definition) is 1. The van der Waals surface area contributed by atoms with Crippen molar-refractivity contribution in [3.05, 3.63) is 35.4 Å². The average molecular weight is 354 g/mol. The first kappa shape index (κ1) is 20.0. The number of benzene rings is 1. The quantitative estimate of drug-likeness (QED) is 0.845. The third-order valence-electron chi connectivity index (χ3n) is 4.52. The molecule has 0 radical (unpaired) electrons. The molecule has 1 heterocycles. The van der Waals surface area contributed by atoms with Gasteiger partial charge in [0.05, 0.1) is 0 Å². The summed E-state index contributed by atoms with van der Waals surface area (Å²) in [6.07, 6.45) is 1.51. The van der Waals surface area contributed by atoms with Crippen molar-refractivity contribution in [1.29, 1.82) is 0 Å². The molecule has 1 aliphatic heterocycles. The van der Waals surface area contributed by atoms with Crippen LogP contribution in [-0.2, 0) is 9.59 Å². The molecule has 1 aliphatic rings. The molecule has 1 saturated heterocycles. The lowest BCUT2D eigenvalue weighted by molar-refractivity contribution is -0.142. The van der Waals surface area contributed by atoms with Crippen molar-refractivity contribution in [2.45, 2.75) is 59.5 Å². The van der Waals surface area contributed by atoms with Crippen molar-refractivity contribution in [3.8, 4) is 11.8 Å². The molecule has 4 heteroatoms. The lowest BCUT2D eigenvalue weighted by Gasteiger charge is -2.39. The number of carbonyl (C=O) groups is 2. The van der Waals surface area contributed by atoms with Crippen LogP contribution in [-0.4, -0.2) is 35.3 Å². The van der Waals surface area contributed by atoms with Crippen LogP contribution in [0, 0.1) is 30.6 Å². The average Bonchev–Trinajstić information content (AvgIpc) is 2.55. The standard InChI is InChI=1S/C22H30N2O2/c1-15(2)12-19-14-24(20(13-16(3)4)22(26)23-19)21(25)11-10-18-8-6-17(5)7-9-18/h6-9,15-16,19-20H,12-14H2,1-5H3,(H,23,26)/t19-,20-/m0/s1. The molecular formula is C22H30N2O2. The van der Waals surface area contributed by atoms with Crippen LogP contribution in [0.15, 0.2) is 24.3 Å². The Labute approximate surface area is 157 Å². The Morgan fingerprint density at radius 1 is 1.15 bits per heavy atom. The van der Waals surface area contributed by atoms with Gasteiger partial charge in [0.15, 0.2) is 0 Å². The van der Waals surface area contributed by atoms with E-state index in [4.69, 9.17) is 0 Å². The number of aryl methyl sites for hydroxylation is 1. The van der Waals surface area contributed by atoms with Gasteiger partial charge in [-0.2, -0.15) is 0 Å². The van der Waals surface area contributed by atoms with Gasteiger partial charge in [0.25, 0.3) is 5.91 Å². The summed E-state index contributed by atoms with van der Waals surface area (Å²) in [5, 5.41) is 3.09. The molecule has 2 amide bonds. The van der Waals surface area contributed by atoms with Gasteiger partial charge in [-0.15, -0.1) is 0 Å². The number of nitrogens with one attached hydrogen (secondary N) is 1. The predicted molar refractivity (Wildman–Crippen MR) is 104 cm³/mol. The zero-order valence-corrected chi connectivity index (χ0v) is 16.5. The third kappa shape index (κ3) is 5.62. The zero-order chi connectivity index (χ0) is 19.3. The fourth-order valence-corrected chi connectivity index (χ4v) is 3.29. The normalized spacial score (nSPS) is 20.0. The largest absolute Gasteiger partial charge is 0.350 e. The van der Waals surface area contributed by atoms with Crippen LogP contribution in [0.4, 0.5) is 0 Å². The van der Waals surface area contributed by atoms with Crippen molar-refractivity contribution < 1.29 is 9.59 Å². The van der Waals surface area contributed by atoms with Crippen LogP contribution >= 0.6 is 0 Å². The molecule has 0 bridgehead atoms. The number of amides is 2. The summed E-state index contributed by atoms with van der Waals surface area (Å²) in [5.74, 6) is 6.15. The Morgan fingerprint density at radius 3 is 2.35 bits per heavy atom. The van der Waals surface area contributed by atoms with Crippen molar-refractivity contribution in [1.82, 2.24) is 10.2 Å². The summed E-state index contributed by atoms with van der Waals surface area (Å²) in [5.41, 5.74) is 1.97. The van der Waals surface area contributed by atoms with Gasteiger partial charge in [-0.3, -0.25) is 9.59 Å². The highest BCUT2D eigenvalue weighted by Crippen LogP contribution is 2.19. The highest BCUT2D eigenvalue weighted by Gasteiger charge is 2.37. The molecule has 0 saturated carbocycles. The van der Waals surface area contributed by atoms with Crippen LogP contribution in [0.25, 0.3) is 0 Å². The summed E-state index contributed by atoms with van der Waals surface area (Å²) in [6.45, 7) is 10.9. The maximum atomic E-state index is 12.8. The molecule has 1 fully saturated rings. The molecule has 4 nitrogen and oxygen atoms in total. The van der Waals surface area contributed by atoms with Gasteiger partial charge in [0.2, 0.25) is 5.91 Å². The lowest BCUT2D eigenvalue weighted by Crippen LogP contribution is -2.61. The van der Waals surface area contributed by atoms with E-state index in [-0.39, 0.29) is 17.9 Å². The summed E-state index contributed by atoms with van der Waals surface area (Å²) < 4.78 is 0. The summed E-state index contributed by atoms with van der Waals surface area (Å²) >= 11 is 0. The molecule has 1 aromatic carbocycles. The minimum absolute atomic E-state index is 0.00367. The maximum Gasteiger partial charge on any atom is 0.299 e. The van der Waals surface area contributed by atoms with Crippen LogP contribution in [0.5, 0.6) is 0 Å². The first-order chi connectivity index (χ1) is 12.3. The van der Waals surface area contributed by atoms with E-state index in [0.29, 0.717) is 24.8 Å². The van der Waals surface area contributed by atoms with Gasteiger partial charge < -0.3 is 10.2 Å². The number of piperazine rings is 1. The van der Waals surface area contributed by atoms with Crippen molar-refractivity contribution >= 4 is 11.8 Å². The summed E-state index contributed by atoms with van der Waals surface area (Å²) in [7, 11) is 0. The Balaban J connectivity index is 2.20. The van der Waals surface area contributed by atoms with E-state index in [1.165, 1.54) is 0 Å². The predicted octanol–water partition coefficient (Wildman–Crippen LogP) is 3.13. The maximum absolute atomic E-state index is 12.8. The molecule has 26 heavy (non-hydrogen) atoms. The van der Waals surface area contributed by atoms with Crippen LogP contribution in [0.3, 0.4) is 0 Å². The van der Waals surface area contributed by atoms with Gasteiger partial charge in [-0.25, -0.2) is 0 Å². The van der Waals surface area contributed by atoms with Gasteiger partial charge in [0, 0.05) is 24.1 Å². The van der Waals surface area contributed by atoms with E-state index in [9.17, 15) is 9.59 Å².